The van der Waals surface area contributed by atoms with E-state index in [4.69, 9.17) is 14.2 Å². The SMILES string of the molecule is CCOc1ccc(CNS(=O)(=O)c2ccc(OC)c(NC(C)=O)c2)cc1OCC. The number of nitrogens with one attached hydrogen (secondary N) is 2. The highest BCUT2D eigenvalue weighted by Crippen LogP contribution is 2.29. The molecule has 0 fully saturated rings. The zero-order valence-electron chi connectivity index (χ0n) is 16.9. The van der Waals surface area contributed by atoms with E-state index in [2.05, 4.69) is 10.0 Å². The van der Waals surface area contributed by atoms with Crippen LogP contribution in [0.15, 0.2) is 41.3 Å². The Morgan fingerprint density at radius 2 is 1.62 bits per heavy atom. The maximum absolute atomic E-state index is 12.7. The first-order chi connectivity index (χ1) is 13.8. The molecule has 0 spiro atoms. The van der Waals surface area contributed by atoms with Crippen molar-refractivity contribution < 1.29 is 27.4 Å². The normalized spacial score (nSPS) is 11.0. The van der Waals surface area contributed by atoms with Crippen molar-refractivity contribution in [3.63, 3.8) is 0 Å². The number of hydrogen-bond donors (Lipinski definition) is 2. The Bertz CT molecular complexity index is 959. The van der Waals surface area contributed by atoms with Crippen LogP contribution in [0, 0.1) is 0 Å². The molecule has 2 rings (SSSR count). The van der Waals surface area contributed by atoms with E-state index in [0.717, 1.165) is 5.56 Å². The third kappa shape index (κ3) is 6.10. The molecule has 2 aromatic rings. The highest BCUT2D eigenvalue weighted by molar-refractivity contribution is 7.89. The molecule has 8 nitrogen and oxygen atoms in total. The molecule has 0 saturated heterocycles. The highest BCUT2D eigenvalue weighted by Gasteiger charge is 2.17. The molecule has 0 bridgehead atoms. The quantitative estimate of drug-likeness (QED) is 0.610. The van der Waals surface area contributed by atoms with Crippen LogP contribution in [0.2, 0.25) is 0 Å². The number of ether oxygens (including phenoxy) is 3. The maximum Gasteiger partial charge on any atom is 0.240 e. The minimum absolute atomic E-state index is 0.0121. The molecule has 0 aliphatic rings. The van der Waals surface area contributed by atoms with E-state index in [0.29, 0.717) is 30.5 Å². The number of anilines is 1. The monoisotopic (exact) mass is 422 g/mol. The van der Waals surface area contributed by atoms with Gasteiger partial charge in [-0.3, -0.25) is 4.79 Å². The summed E-state index contributed by atoms with van der Waals surface area (Å²) < 4.78 is 44.2. The van der Waals surface area contributed by atoms with E-state index in [1.807, 2.05) is 13.8 Å². The van der Waals surface area contributed by atoms with Crippen molar-refractivity contribution in [3.8, 4) is 17.2 Å². The lowest BCUT2D eigenvalue weighted by Gasteiger charge is -2.14. The second-order valence-corrected chi connectivity index (χ2v) is 7.78. The van der Waals surface area contributed by atoms with Crippen molar-refractivity contribution in [2.45, 2.75) is 32.2 Å². The van der Waals surface area contributed by atoms with Gasteiger partial charge in [0.2, 0.25) is 15.9 Å². The summed E-state index contributed by atoms with van der Waals surface area (Å²) in [7, 11) is -2.38. The second kappa shape index (κ2) is 10.1. The molecule has 0 aliphatic heterocycles. The maximum atomic E-state index is 12.7. The summed E-state index contributed by atoms with van der Waals surface area (Å²) in [6.07, 6.45) is 0. The van der Waals surface area contributed by atoms with E-state index < -0.39 is 10.0 Å². The molecule has 0 aromatic heterocycles. The molecular formula is C20H26N2O6S. The Hall–Kier alpha value is -2.78. The van der Waals surface area contributed by atoms with Gasteiger partial charge in [-0.15, -0.1) is 0 Å². The first-order valence-corrected chi connectivity index (χ1v) is 10.6. The van der Waals surface area contributed by atoms with E-state index in [-0.39, 0.29) is 23.0 Å². The van der Waals surface area contributed by atoms with Gasteiger partial charge in [0.15, 0.2) is 11.5 Å². The van der Waals surface area contributed by atoms with Crippen LogP contribution < -0.4 is 24.2 Å². The van der Waals surface area contributed by atoms with Crippen LogP contribution in [0.1, 0.15) is 26.3 Å². The van der Waals surface area contributed by atoms with Gasteiger partial charge in [0, 0.05) is 13.5 Å². The average Bonchev–Trinajstić information content (AvgIpc) is 2.68. The molecule has 0 aliphatic carbocycles. The number of methoxy groups -OCH3 is 1. The molecule has 9 heteroatoms. The fourth-order valence-electron chi connectivity index (χ4n) is 2.61. The largest absolute Gasteiger partial charge is 0.495 e. The number of amides is 1. The standard InChI is InChI=1S/C20H26N2O6S/c1-5-27-19-9-7-15(11-20(19)28-6-2)13-21-29(24,25)16-8-10-18(26-4)17(12-16)22-14(3)23/h7-12,21H,5-6,13H2,1-4H3,(H,22,23). The number of carbonyl (C=O) groups excluding carboxylic acids is 1. The summed E-state index contributed by atoms with van der Waals surface area (Å²) in [6, 6.07) is 9.52. The van der Waals surface area contributed by atoms with E-state index in [1.54, 1.807) is 18.2 Å². The molecule has 2 N–H and O–H groups in total. The molecular weight excluding hydrogens is 396 g/mol. The summed E-state index contributed by atoms with van der Waals surface area (Å²) in [5, 5.41) is 2.56. The zero-order chi connectivity index (χ0) is 21.4. The lowest BCUT2D eigenvalue weighted by atomic mass is 10.2. The van der Waals surface area contributed by atoms with Crippen LogP contribution in [0.25, 0.3) is 0 Å². The molecule has 158 valence electrons. The van der Waals surface area contributed by atoms with Crippen molar-refractivity contribution in [1.29, 1.82) is 0 Å². The van der Waals surface area contributed by atoms with Crippen LogP contribution in [-0.2, 0) is 21.4 Å². The zero-order valence-corrected chi connectivity index (χ0v) is 17.8. The van der Waals surface area contributed by atoms with E-state index in [1.165, 1.54) is 32.2 Å². The topological polar surface area (TPSA) is 103 Å². The van der Waals surface area contributed by atoms with Crippen molar-refractivity contribution in [2.24, 2.45) is 0 Å². The third-order valence-corrected chi connectivity index (χ3v) is 5.26. The van der Waals surface area contributed by atoms with Crippen molar-refractivity contribution in [1.82, 2.24) is 4.72 Å². The van der Waals surface area contributed by atoms with Crippen LogP contribution in [0.5, 0.6) is 17.2 Å². The highest BCUT2D eigenvalue weighted by atomic mass is 32.2. The number of rotatable bonds is 10. The molecule has 0 heterocycles. The molecule has 1 amide bonds. The lowest BCUT2D eigenvalue weighted by Crippen LogP contribution is -2.23. The summed E-state index contributed by atoms with van der Waals surface area (Å²) in [4.78, 5) is 11.4. The van der Waals surface area contributed by atoms with Gasteiger partial charge in [0.25, 0.3) is 0 Å². The van der Waals surface area contributed by atoms with Crippen molar-refractivity contribution in [3.05, 3.63) is 42.0 Å². The van der Waals surface area contributed by atoms with Crippen LogP contribution in [-0.4, -0.2) is 34.6 Å². The molecule has 0 radical (unpaired) electrons. The number of carbonyl (C=O) groups is 1. The molecule has 0 unspecified atom stereocenters. The second-order valence-electron chi connectivity index (χ2n) is 6.01. The fraction of sp³-hybridized carbons (Fsp3) is 0.350. The first kappa shape index (κ1) is 22.5. The third-order valence-electron chi connectivity index (χ3n) is 3.87. The lowest BCUT2D eigenvalue weighted by molar-refractivity contribution is -0.114. The summed E-state index contributed by atoms with van der Waals surface area (Å²) >= 11 is 0. The first-order valence-electron chi connectivity index (χ1n) is 9.14. The summed E-state index contributed by atoms with van der Waals surface area (Å²) in [5.74, 6) is 1.20. The minimum Gasteiger partial charge on any atom is -0.495 e. The van der Waals surface area contributed by atoms with Crippen LogP contribution >= 0.6 is 0 Å². The van der Waals surface area contributed by atoms with Crippen molar-refractivity contribution >= 4 is 21.6 Å². The van der Waals surface area contributed by atoms with E-state index >= 15 is 0 Å². The average molecular weight is 423 g/mol. The smallest absolute Gasteiger partial charge is 0.240 e. The molecule has 0 saturated carbocycles. The fourth-order valence-corrected chi connectivity index (χ4v) is 3.65. The Balaban J connectivity index is 2.21. The molecule has 0 atom stereocenters. The van der Waals surface area contributed by atoms with E-state index in [9.17, 15) is 13.2 Å². The van der Waals surface area contributed by atoms with Gasteiger partial charge >= 0.3 is 0 Å². The summed E-state index contributed by atoms with van der Waals surface area (Å²) in [5.41, 5.74) is 0.999. The predicted molar refractivity (Wildman–Crippen MR) is 110 cm³/mol. The van der Waals surface area contributed by atoms with Gasteiger partial charge in [-0.1, -0.05) is 6.07 Å². The van der Waals surface area contributed by atoms with Crippen LogP contribution in [0.3, 0.4) is 0 Å². The molecule has 2 aromatic carbocycles. The van der Waals surface area contributed by atoms with Gasteiger partial charge in [0.05, 0.1) is 30.9 Å². The Labute approximate surface area is 171 Å². The summed E-state index contributed by atoms with van der Waals surface area (Å²) in [6.45, 7) is 6.10. The van der Waals surface area contributed by atoms with Crippen LogP contribution in [0.4, 0.5) is 5.69 Å². The minimum atomic E-state index is -3.82. The Morgan fingerprint density at radius 1 is 0.966 bits per heavy atom. The number of benzene rings is 2. The number of sulfonamides is 1. The Kier molecular flexibility index (Phi) is 7.86. The number of hydrogen-bond acceptors (Lipinski definition) is 6. The predicted octanol–water partition coefficient (Wildman–Crippen LogP) is 2.93. The Morgan fingerprint density at radius 3 is 2.24 bits per heavy atom. The van der Waals surface area contributed by atoms with Gasteiger partial charge < -0.3 is 19.5 Å². The van der Waals surface area contributed by atoms with Crippen molar-refractivity contribution in [2.75, 3.05) is 25.6 Å². The van der Waals surface area contributed by atoms with Gasteiger partial charge in [0.1, 0.15) is 5.75 Å². The van der Waals surface area contributed by atoms with Gasteiger partial charge in [-0.05, 0) is 49.7 Å². The van der Waals surface area contributed by atoms with Gasteiger partial charge in [-0.2, -0.15) is 0 Å². The molecule has 29 heavy (non-hydrogen) atoms. The van der Waals surface area contributed by atoms with Gasteiger partial charge in [-0.25, -0.2) is 13.1 Å².